The number of nitrogens with zero attached hydrogens (tertiary/aromatic N) is 4. The highest BCUT2D eigenvalue weighted by Gasteiger charge is 2.22. The minimum absolute atomic E-state index is 0.273. The number of H-pyrrole nitrogens is 1. The Balaban J connectivity index is 1.65. The molecule has 1 fully saturated rings. The van der Waals surface area contributed by atoms with Crippen LogP contribution in [0, 0.1) is 12.7 Å². The fourth-order valence-electron chi connectivity index (χ4n) is 4.87. The largest absolute Gasteiger partial charge is 0.459 e. The second-order valence-corrected chi connectivity index (χ2v) is 10.5. The van der Waals surface area contributed by atoms with Gasteiger partial charge in [-0.3, -0.25) is 4.79 Å². The molecule has 9 nitrogen and oxygen atoms in total. The van der Waals surface area contributed by atoms with E-state index < -0.39 is 17.7 Å². The molecule has 4 heterocycles. The minimum atomic E-state index is -0.504. The van der Waals surface area contributed by atoms with E-state index >= 15 is 4.39 Å². The summed E-state index contributed by atoms with van der Waals surface area (Å²) in [4.78, 5) is 41.9. The number of anilines is 2. The van der Waals surface area contributed by atoms with Crippen LogP contribution in [0.5, 0.6) is 0 Å². The van der Waals surface area contributed by atoms with Crippen molar-refractivity contribution in [2.45, 2.75) is 26.9 Å². The number of esters is 1. The molecular weight excluding hydrogens is 523 g/mol. The van der Waals surface area contributed by atoms with Crippen molar-refractivity contribution in [3.8, 4) is 22.4 Å². The van der Waals surface area contributed by atoms with Crippen LogP contribution >= 0.6 is 0 Å². The lowest BCUT2D eigenvalue weighted by Crippen LogP contribution is -2.44. The van der Waals surface area contributed by atoms with Crippen molar-refractivity contribution in [1.29, 1.82) is 0 Å². The van der Waals surface area contributed by atoms with Crippen molar-refractivity contribution in [2.75, 3.05) is 43.4 Å². The first-order valence-corrected chi connectivity index (χ1v) is 13.5. The van der Waals surface area contributed by atoms with E-state index in [0.717, 1.165) is 43.6 Å². The van der Waals surface area contributed by atoms with Crippen LogP contribution in [-0.4, -0.2) is 71.1 Å². The predicted octanol–water partition coefficient (Wildman–Crippen LogP) is 5.18. The molecular formula is C31H33FN6O3. The summed E-state index contributed by atoms with van der Waals surface area (Å²) in [6.45, 7) is 12.3. The van der Waals surface area contributed by atoms with Gasteiger partial charge in [-0.1, -0.05) is 6.58 Å². The van der Waals surface area contributed by atoms with Gasteiger partial charge in [-0.15, -0.1) is 0 Å². The van der Waals surface area contributed by atoms with Gasteiger partial charge in [0, 0.05) is 66.3 Å². The molecule has 10 heteroatoms. The first-order valence-electron chi connectivity index (χ1n) is 13.5. The smallest absolute Gasteiger partial charge is 0.339 e. The molecule has 0 saturated carbocycles. The Hall–Kier alpha value is -4.57. The fraction of sp³-hybridized carbons (Fsp3) is 0.290. The topological polar surface area (TPSA) is 103 Å². The summed E-state index contributed by atoms with van der Waals surface area (Å²) >= 11 is 0. The lowest BCUT2D eigenvalue weighted by atomic mass is 9.97. The number of carbonyl (C=O) groups excluding carboxylic acids is 2. The molecule has 2 N–H and O–H groups in total. The number of nitrogens with one attached hydrogen (secondary N) is 2. The molecule has 1 aliphatic rings. The average molecular weight is 557 g/mol. The normalized spacial score (nSPS) is 14.0. The first kappa shape index (κ1) is 28.0. The summed E-state index contributed by atoms with van der Waals surface area (Å²) in [5.74, 6) is -0.565. The van der Waals surface area contributed by atoms with Crippen molar-refractivity contribution in [3.05, 3.63) is 72.3 Å². The molecule has 212 valence electrons. The number of piperazine rings is 1. The van der Waals surface area contributed by atoms with Gasteiger partial charge in [-0.2, -0.15) is 0 Å². The Morgan fingerprint density at radius 3 is 2.51 bits per heavy atom. The summed E-state index contributed by atoms with van der Waals surface area (Å²) in [6.07, 6.45) is 4.06. The van der Waals surface area contributed by atoms with Gasteiger partial charge in [-0.25, -0.2) is 19.2 Å². The van der Waals surface area contributed by atoms with E-state index in [0.29, 0.717) is 39.1 Å². The van der Waals surface area contributed by atoms with Gasteiger partial charge >= 0.3 is 5.97 Å². The highest BCUT2D eigenvalue weighted by Crippen LogP contribution is 2.40. The Bertz CT molecular complexity index is 1620. The minimum Gasteiger partial charge on any atom is -0.459 e. The summed E-state index contributed by atoms with van der Waals surface area (Å²) in [5.41, 5.74) is 3.93. The number of fused-ring (bicyclic) bond motifs is 1. The molecule has 0 atom stereocenters. The van der Waals surface area contributed by atoms with Gasteiger partial charge in [0.1, 0.15) is 17.3 Å². The van der Waals surface area contributed by atoms with E-state index in [4.69, 9.17) is 9.72 Å². The molecule has 0 spiro atoms. The van der Waals surface area contributed by atoms with E-state index in [-0.39, 0.29) is 11.7 Å². The van der Waals surface area contributed by atoms with Crippen LogP contribution in [0.4, 0.5) is 15.9 Å². The van der Waals surface area contributed by atoms with E-state index in [1.807, 2.05) is 12.1 Å². The molecule has 0 aliphatic carbocycles. The molecule has 5 rings (SSSR count). The highest BCUT2D eigenvalue weighted by atomic mass is 19.1. The quantitative estimate of drug-likeness (QED) is 0.239. The number of hydrogen-bond donors (Lipinski definition) is 2. The first-order chi connectivity index (χ1) is 19.6. The molecule has 4 aromatic rings. The third-order valence-corrected chi connectivity index (χ3v) is 7.17. The van der Waals surface area contributed by atoms with Gasteiger partial charge < -0.3 is 24.8 Å². The number of pyridine rings is 2. The monoisotopic (exact) mass is 556 g/mol. The Labute approximate surface area is 238 Å². The maximum absolute atomic E-state index is 15.3. The number of rotatable bonds is 7. The molecule has 0 bridgehead atoms. The third-order valence-electron chi connectivity index (χ3n) is 7.17. The lowest BCUT2D eigenvalue weighted by Gasteiger charge is -2.33. The molecule has 1 amide bonds. The molecule has 1 aromatic carbocycles. The summed E-state index contributed by atoms with van der Waals surface area (Å²) in [7, 11) is 2.11. The van der Waals surface area contributed by atoms with Gasteiger partial charge in [0.2, 0.25) is 5.91 Å². The van der Waals surface area contributed by atoms with E-state index in [1.54, 1.807) is 39.1 Å². The van der Waals surface area contributed by atoms with Crippen LogP contribution in [0.25, 0.3) is 33.4 Å². The van der Waals surface area contributed by atoms with Crippen LogP contribution in [0.15, 0.2) is 55.4 Å². The molecule has 3 aromatic heterocycles. The van der Waals surface area contributed by atoms with Crippen molar-refractivity contribution >= 4 is 34.4 Å². The second kappa shape index (κ2) is 11.5. The van der Waals surface area contributed by atoms with Crippen molar-refractivity contribution in [3.63, 3.8) is 0 Å². The highest BCUT2D eigenvalue weighted by molar-refractivity contribution is 6.06. The van der Waals surface area contributed by atoms with Crippen molar-refractivity contribution in [2.24, 2.45) is 0 Å². The second-order valence-electron chi connectivity index (χ2n) is 10.5. The van der Waals surface area contributed by atoms with Gasteiger partial charge in [0.05, 0.1) is 17.4 Å². The molecule has 0 radical (unpaired) electrons. The predicted molar refractivity (Wildman–Crippen MR) is 159 cm³/mol. The molecule has 1 aliphatic heterocycles. The van der Waals surface area contributed by atoms with E-state index in [9.17, 15) is 9.59 Å². The Morgan fingerprint density at radius 1 is 1.10 bits per heavy atom. The zero-order valence-electron chi connectivity index (χ0n) is 23.6. The van der Waals surface area contributed by atoms with Gasteiger partial charge in [0.15, 0.2) is 0 Å². The number of carbonyl (C=O) groups is 2. The summed E-state index contributed by atoms with van der Waals surface area (Å²) in [5, 5.41) is 3.29. The maximum atomic E-state index is 15.3. The van der Waals surface area contributed by atoms with E-state index in [2.05, 4.69) is 38.7 Å². The standard InChI is InChI=1S/C31H33FN6O3/c1-6-27(39)35-25-15-21(14-24(32)19(25)4)28-23-13-22(31(40)41-18(2)3)17-34-30(23)36-29(28)20-7-8-26(33-16-20)38-11-9-37(5)10-12-38/h6-8,13-18H,1,9-12H2,2-5H3,(H,34,36)(H,35,39). The van der Waals surface area contributed by atoms with Crippen LogP contribution in [0.3, 0.4) is 0 Å². The molecule has 0 unspecified atom stereocenters. The molecule has 1 saturated heterocycles. The lowest BCUT2D eigenvalue weighted by molar-refractivity contribution is -0.111. The van der Waals surface area contributed by atoms with Crippen LogP contribution < -0.4 is 10.2 Å². The van der Waals surface area contributed by atoms with Gasteiger partial charge in [-0.05, 0) is 69.8 Å². The maximum Gasteiger partial charge on any atom is 0.339 e. The number of hydrogen-bond acceptors (Lipinski definition) is 7. The third kappa shape index (κ3) is 5.83. The van der Waals surface area contributed by atoms with Crippen molar-refractivity contribution in [1.82, 2.24) is 19.9 Å². The number of ether oxygens (including phenoxy) is 1. The number of aromatic amines is 1. The average Bonchev–Trinajstić information content (AvgIpc) is 3.34. The van der Waals surface area contributed by atoms with Crippen LogP contribution in [0.1, 0.15) is 29.8 Å². The van der Waals surface area contributed by atoms with Crippen LogP contribution in [-0.2, 0) is 9.53 Å². The Kier molecular flexibility index (Phi) is 7.85. The number of benzene rings is 1. The SMILES string of the molecule is C=CC(=O)Nc1cc(-c2c(-c3ccc(N4CCN(C)CC4)nc3)[nH]c3ncc(C(=O)OC(C)C)cc23)cc(F)c1C. The zero-order chi connectivity index (χ0) is 29.3. The zero-order valence-corrected chi connectivity index (χ0v) is 23.6. The number of amides is 1. The van der Waals surface area contributed by atoms with Crippen molar-refractivity contribution < 1.29 is 18.7 Å². The summed E-state index contributed by atoms with van der Waals surface area (Å²) in [6, 6.07) is 8.75. The van der Waals surface area contributed by atoms with E-state index in [1.165, 1.54) is 12.3 Å². The fourth-order valence-corrected chi connectivity index (χ4v) is 4.87. The van der Waals surface area contributed by atoms with Crippen LogP contribution in [0.2, 0.25) is 0 Å². The number of aromatic nitrogens is 3. The summed E-state index contributed by atoms with van der Waals surface area (Å²) < 4.78 is 20.6. The number of halogens is 1. The number of likely N-dealkylation sites (N-methyl/N-ethyl adjacent to an activating group) is 1. The Morgan fingerprint density at radius 2 is 1.85 bits per heavy atom. The van der Waals surface area contributed by atoms with Gasteiger partial charge in [0.25, 0.3) is 0 Å². The molecule has 41 heavy (non-hydrogen) atoms.